The summed E-state index contributed by atoms with van der Waals surface area (Å²) in [6.45, 7) is 3.66. The number of carbonyl (C=O) groups excluding carboxylic acids is 1. The molecule has 2 fully saturated rings. The Bertz CT molecular complexity index is 508. The number of likely N-dealkylation sites (tertiary alicyclic amines) is 1. The first-order chi connectivity index (χ1) is 12.3. The Kier molecular flexibility index (Phi) is 7.27. The molecule has 1 aromatic rings. The van der Waals surface area contributed by atoms with Crippen molar-refractivity contribution in [1.29, 1.82) is 0 Å². The van der Waals surface area contributed by atoms with Crippen molar-refractivity contribution in [1.82, 2.24) is 4.90 Å². The van der Waals surface area contributed by atoms with Crippen LogP contribution in [0.3, 0.4) is 0 Å². The van der Waals surface area contributed by atoms with Gasteiger partial charge < -0.3 is 19.1 Å². The second kappa shape index (κ2) is 9.90. The van der Waals surface area contributed by atoms with Crippen LogP contribution in [-0.4, -0.2) is 55.9 Å². The summed E-state index contributed by atoms with van der Waals surface area (Å²) in [4.78, 5) is 14.1. The number of rotatable bonds is 7. The molecule has 0 N–H and O–H groups in total. The summed E-state index contributed by atoms with van der Waals surface area (Å²) in [6, 6.07) is 10.2. The number of carbonyl (C=O) groups is 1. The largest absolute Gasteiger partial charge is 0.376 e. The molecule has 0 bridgehead atoms. The predicted molar refractivity (Wildman–Crippen MR) is 95.2 cm³/mol. The van der Waals surface area contributed by atoms with Crippen LogP contribution in [0.5, 0.6) is 0 Å². The summed E-state index contributed by atoms with van der Waals surface area (Å²) in [7, 11) is 0. The number of piperidine rings is 1. The minimum Gasteiger partial charge on any atom is -0.376 e. The van der Waals surface area contributed by atoms with Crippen molar-refractivity contribution in [2.75, 3.05) is 32.9 Å². The number of ether oxygens (including phenoxy) is 3. The van der Waals surface area contributed by atoms with Crippen molar-refractivity contribution in [2.45, 2.75) is 50.9 Å². The molecule has 0 unspecified atom stereocenters. The van der Waals surface area contributed by atoms with Gasteiger partial charge in [0.1, 0.15) is 6.61 Å². The van der Waals surface area contributed by atoms with E-state index in [-0.39, 0.29) is 24.7 Å². The van der Waals surface area contributed by atoms with E-state index in [0.717, 1.165) is 45.4 Å². The highest BCUT2D eigenvalue weighted by Crippen LogP contribution is 2.16. The maximum atomic E-state index is 12.2. The van der Waals surface area contributed by atoms with Gasteiger partial charge in [-0.2, -0.15) is 0 Å². The molecule has 0 spiro atoms. The number of hydrogen-bond acceptors (Lipinski definition) is 4. The summed E-state index contributed by atoms with van der Waals surface area (Å²) < 4.78 is 17.2. The van der Waals surface area contributed by atoms with Crippen LogP contribution in [-0.2, 0) is 25.6 Å². The Morgan fingerprint density at radius 1 is 1.12 bits per heavy atom. The molecular weight excluding hydrogens is 318 g/mol. The molecule has 1 aromatic carbocycles. The van der Waals surface area contributed by atoms with Crippen LogP contribution in [0.4, 0.5) is 0 Å². The lowest BCUT2D eigenvalue weighted by molar-refractivity contribution is -0.140. The number of nitrogens with zero attached hydrogens (tertiary/aromatic N) is 1. The van der Waals surface area contributed by atoms with E-state index in [1.54, 1.807) is 0 Å². The third-order valence-corrected chi connectivity index (χ3v) is 4.93. The molecule has 3 rings (SSSR count). The average molecular weight is 347 g/mol. The van der Waals surface area contributed by atoms with Gasteiger partial charge in [0.2, 0.25) is 5.91 Å². The van der Waals surface area contributed by atoms with E-state index in [9.17, 15) is 4.79 Å². The quantitative estimate of drug-likeness (QED) is 0.761. The van der Waals surface area contributed by atoms with Gasteiger partial charge in [0.05, 0.1) is 25.4 Å². The monoisotopic (exact) mass is 347 g/mol. The standard InChI is InChI=1S/C20H29NO4/c22-20(16-23-15-19-8-4-5-13-24-19)21-11-9-18(10-12-21)25-14-17-6-2-1-3-7-17/h1-3,6-7,18-19H,4-5,8-16H2/t19-/m1/s1. The Balaban J connectivity index is 1.29. The summed E-state index contributed by atoms with van der Waals surface area (Å²) >= 11 is 0. The molecule has 2 saturated heterocycles. The molecule has 0 aromatic heterocycles. The first-order valence-corrected chi connectivity index (χ1v) is 9.44. The molecule has 2 aliphatic rings. The zero-order valence-electron chi connectivity index (χ0n) is 14.9. The maximum Gasteiger partial charge on any atom is 0.248 e. The Hall–Kier alpha value is -1.43. The minimum absolute atomic E-state index is 0.0809. The molecule has 0 saturated carbocycles. The highest BCUT2D eigenvalue weighted by atomic mass is 16.5. The van der Waals surface area contributed by atoms with Gasteiger partial charge in [0.25, 0.3) is 0 Å². The molecule has 0 aliphatic carbocycles. The van der Waals surface area contributed by atoms with E-state index in [4.69, 9.17) is 14.2 Å². The van der Waals surface area contributed by atoms with Crippen molar-refractivity contribution in [3.63, 3.8) is 0 Å². The van der Waals surface area contributed by atoms with Gasteiger partial charge in [0, 0.05) is 19.7 Å². The molecule has 2 aliphatic heterocycles. The molecule has 2 heterocycles. The zero-order valence-corrected chi connectivity index (χ0v) is 14.9. The third-order valence-electron chi connectivity index (χ3n) is 4.93. The fraction of sp³-hybridized carbons (Fsp3) is 0.650. The molecule has 1 amide bonds. The van der Waals surface area contributed by atoms with Crippen LogP contribution in [0.1, 0.15) is 37.7 Å². The third kappa shape index (κ3) is 6.10. The smallest absolute Gasteiger partial charge is 0.248 e. The van der Waals surface area contributed by atoms with Crippen LogP contribution >= 0.6 is 0 Å². The lowest BCUT2D eigenvalue weighted by Gasteiger charge is -2.32. The second-order valence-corrected chi connectivity index (χ2v) is 6.88. The van der Waals surface area contributed by atoms with E-state index < -0.39 is 0 Å². The van der Waals surface area contributed by atoms with Gasteiger partial charge in [-0.15, -0.1) is 0 Å². The topological polar surface area (TPSA) is 48.0 Å². The number of amides is 1. The van der Waals surface area contributed by atoms with Crippen LogP contribution < -0.4 is 0 Å². The number of benzene rings is 1. The lowest BCUT2D eigenvalue weighted by Crippen LogP contribution is -2.42. The maximum absolute atomic E-state index is 12.2. The first-order valence-electron chi connectivity index (χ1n) is 9.44. The molecule has 138 valence electrons. The van der Waals surface area contributed by atoms with Crippen LogP contribution in [0.15, 0.2) is 30.3 Å². The molecule has 5 nitrogen and oxygen atoms in total. The fourth-order valence-electron chi connectivity index (χ4n) is 3.37. The fourth-order valence-corrected chi connectivity index (χ4v) is 3.37. The highest BCUT2D eigenvalue weighted by Gasteiger charge is 2.23. The van der Waals surface area contributed by atoms with E-state index in [1.165, 1.54) is 12.0 Å². The van der Waals surface area contributed by atoms with Crippen molar-refractivity contribution < 1.29 is 19.0 Å². The van der Waals surface area contributed by atoms with Crippen LogP contribution in [0.25, 0.3) is 0 Å². The van der Waals surface area contributed by atoms with E-state index >= 15 is 0 Å². The van der Waals surface area contributed by atoms with E-state index in [0.29, 0.717) is 13.2 Å². The van der Waals surface area contributed by atoms with Gasteiger partial charge >= 0.3 is 0 Å². The molecule has 1 atom stereocenters. The van der Waals surface area contributed by atoms with Gasteiger partial charge in [-0.3, -0.25) is 4.79 Å². The van der Waals surface area contributed by atoms with Crippen LogP contribution in [0, 0.1) is 0 Å². The molecular formula is C20H29NO4. The number of hydrogen-bond donors (Lipinski definition) is 0. The van der Waals surface area contributed by atoms with Crippen molar-refractivity contribution in [3.8, 4) is 0 Å². The Morgan fingerprint density at radius 3 is 2.64 bits per heavy atom. The first kappa shape index (κ1) is 18.4. The van der Waals surface area contributed by atoms with Gasteiger partial charge in [-0.1, -0.05) is 30.3 Å². The minimum atomic E-state index is 0.0809. The molecule has 5 heteroatoms. The van der Waals surface area contributed by atoms with Crippen molar-refractivity contribution in [2.24, 2.45) is 0 Å². The lowest BCUT2D eigenvalue weighted by atomic mass is 10.1. The summed E-state index contributed by atoms with van der Waals surface area (Å²) in [5, 5.41) is 0. The van der Waals surface area contributed by atoms with Gasteiger partial charge in [0.15, 0.2) is 0 Å². The SMILES string of the molecule is O=C(COC[C@H]1CCCCO1)N1CCC(OCc2ccccc2)CC1. The van der Waals surface area contributed by atoms with E-state index in [1.807, 2.05) is 23.1 Å². The van der Waals surface area contributed by atoms with Gasteiger partial charge in [-0.25, -0.2) is 0 Å². The Labute approximate surface area is 150 Å². The predicted octanol–water partition coefficient (Wildman–Crippen LogP) is 2.78. The van der Waals surface area contributed by atoms with E-state index in [2.05, 4.69) is 12.1 Å². The normalized spacial score (nSPS) is 22.1. The molecule has 0 radical (unpaired) electrons. The van der Waals surface area contributed by atoms with Crippen LogP contribution in [0.2, 0.25) is 0 Å². The zero-order chi connectivity index (χ0) is 17.3. The second-order valence-electron chi connectivity index (χ2n) is 6.88. The summed E-state index contributed by atoms with van der Waals surface area (Å²) in [5.41, 5.74) is 1.19. The Morgan fingerprint density at radius 2 is 1.92 bits per heavy atom. The summed E-state index contributed by atoms with van der Waals surface area (Å²) in [5.74, 6) is 0.0809. The highest BCUT2D eigenvalue weighted by molar-refractivity contribution is 5.77. The average Bonchev–Trinajstić information content (AvgIpc) is 2.68. The van der Waals surface area contributed by atoms with Gasteiger partial charge in [-0.05, 0) is 37.7 Å². The van der Waals surface area contributed by atoms with Crippen molar-refractivity contribution >= 4 is 5.91 Å². The molecule has 25 heavy (non-hydrogen) atoms. The summed E-state index contributed by atoms with van der Waals surface area (Å²) in [6.07, 6.45) is 5.56. The van der Waals surface area contributed by atoms with Crippen molar-refractivity contribution in [3.05, 3.63) is 35.9 Å².